The minimum Gasteiger partial charge on any atom is -0.481 e. The SMILES string of the molecule is Cc1cn(-c2cccc(F)c2C)c(SCC(=O)O)n1. The molecule has 0 aliphatic carbocycles. The van der Waals surface area contributed by atoms with Gasteiger partial charge >= 0.3 is 5.97 Å². The molecule has 0 radical (unpaired) electrons. The molecule has 0 amide bonds. The summed E-state index contributed by atoms with van der Waals surface area (Å²) in [5, 5.41) is 9.27. The van der Waals surface area contributed by atoms with E-state index < -0.39 is 5.97 Å². The van der Waals surface area contributed by atoms with Crippen LogP contribution in [0.3, 0.4) is 0 Å². The van der Waals surface area contributed by atoms with Crippen LogP contribution in [-0.4, -0.2) is 26.4 Å². The molecule has 1 aromatic carbocycles. The molecule has 2 rings (SSSR count). The molecule has 2 aromatic rings. The molecule has 0 atom stereocenters. The van der Waals surface area contributed by atoms with Gasteiger partial charge in [0.25, 0.3) is 0 Å². The molecule has 0 aliphatic heterocycles. The first-order valence-corrected chi connectivity index (χ1v) is 6.63. The van der Waals surface area contributed by atoms with Crippen LogP contribution in [0.4, 0.5) is 4.39 Å². The highest BCUT2D eigenvalue weighted by Gasteiger charge is 2.13. The molecular formula is C13H13FN2O2S. The molecule has 0 unspecified atom stereocenters. The summed E-state index contributed by atoms with van der Waals surface area (Å²) < 4.78 is 15.3. The van der Waals surface area contributed by atoms with Crippen molar-refractivity contribution in [3.63, 3.8) is 0 Å². The summed E-state index contributed by atoms with van der Waals surface area (Å²) in [6.45, 7) is 3.50. The van der Waals surface area contributed by atoms with Crippen LogP contribution in [0.2, 0.25) is 0 Å². The second-order valence-electron chi connectivity index (χ2n) is 4.10. The summed E-state index contributed by atoms with van der Waals surface area (Å²) in [4.78, 5) is 14.9. The lowest BCUT2D eigenvalue weighted by Gasteiger charge is -2.10. The zero-order valence-corrected chi connectivity index (χ0v) is 11.4. The molecule has 1 heterocycles. The second kappa shape index (κ2) is 5.44. The van der Waals surface area contributed by atoms with Gasteiger partial charge in [-0.25, -0.2) is 9.37 Å². The van der Waals surface area contributed by atoms with Crippen LogP contribution in [0.5, 0.6) is 0 Å². The Balaban J connectivity index is 2.44. The minimum atomic E-state index is -0.909. The maximum atomic E-state index is 13.6. The quantitative estimate of drug-likeness (QED) is 0.875. The Hall–Kier alpha value is -1.82. The average Bonchev–Trinajstić information content (AvgIpc) is 2.71. The van der Waals surface area contributed by atoms with Crippen LogP contribution < -0.4 is 0 Å². The summed E-state index contributed by atoms with van der Waals surface area (Å²) in [5.74, 6) is -1.28. The van der Waals surface area contributed by atoms with E-state index in [1.54, 1.807) is 29.8 Å². The molecule has 1 N–H and O–H groups in total. The number of thioether (sulfide) groups is 1. The van der Waals surface area contributed by atoms with E-state index in [1.807, 2.05) is 6.92 Å². The van der Waals surface area contributed by atoms with Crippen molar-refractivity contribution in [3.05, 3.63) is 41.5 Å². The fraction of sp³-hybridized carbons (Fsp3) is 0.231. The summed E-state index contributed by atoms with van der Waals surface area (Å²) in [5.41, 5.74) is 1.95. The molecule has 19 heavy (non-hydrogen) atoms. The van der Waals surface area contributed by atoms with E-state index in [2.05, 4.69) is 4.98 Å². The summed E-state index contributed by atoms with van der Waals surface area (Å²) >= 11 is 1.12. The summed E-state index contributed by atoms with van der Waals surface area (Å²) in [6, 6.07) is 4.80. The van der Waals surface area contributed by atoms with E-state index in [1.165, 1.54) is 6.07 Å². The topological polar surface area (TPSA) is 55.1 Å². The van der Waals surface area contributed by atoms with Gasteiger partial charge in [0, 0.05) is 11.8 Å². The van der Waals surface area contributed by atoms with E-state index in [9.17, 15) is 9.18 Å². The molecular weight excluding hydrogens is 267 g/mol. The largest absolute Gasteiger partial charge is 0.481 e. The Morgan fingerprint density at radius 1 is 1.47 bits per heavy atom. The number of carbonyl (C=O) groups is 1. The van der Waals surface area contributed by atoms with E-state index in [4.69, 9.17) is 5.11 Å². The van der Waals surface area contributed by atoms with E-state index in [-0.39, 0.29) is 11.6 Å². The Kier molecular flexibility index (Phi) is 3.90. The number of imidazole rings is 1. The van der Waals surface area contributed by atoms with E-state index in [0.29, 0.717) is 16.4 Å². The first-order chi connectivity index (χ1) is 8.99. The number of aliphatic carboxylic acids is 1. The zero-order chi connectivity index (χ0) is 14.0. The Labute approximate surface area is 114 Å². The Bertz CT molecular complexity index is 625. The lowest BCUT2D eigenvalue weighted by molar-refractivity contribution is -0.133. The number of halogens is 1. The van der Waals surface area contributed by atoms with Crippen molar-refractivity contribution in [2.45, 2.75) is 19.0 Å². The van der Waals surface area contributed by atoms with Gasteiger partial charge in [0.05, 0.1) is 17.1 Å². The lowest BCUT2D eigenvalue weighted by Crippen LogP contribution is -2.03. The molecule has 1 aromatic heterocycles. The second-order valence-corrected chi connectivity index (χ2v) is 5.04. The van der Waals surface area contributed by atoms with E-state index >= 15 is 0 Å². The number of aromatic nitrogens is 2. The van der Waals surface area contributed by atoms with Crippen molar-refractivity contribution < 1.29 is 14.3 Å². The predicted molar refractivity (Wildman–Crippen MR) is 71.4 cm³/mol. The van der Waals surface area contributed by atoms with Crippen LogP contribution in [0, 0.1) is 19.7 Å². The van der Waals surface area contributed by atoms with Gasteiger partial charge in [-0.05, 0) is 26.0 Å². The lowest BCUT2D eigenvalue weighted by atomic mass is 10.2. The van der Waals surface area contributed by atoms with Crippen LogP contribution >= 0.6 is 11.8 Å². The smallest absolute Gasteiger partial charge is 0.313 e. The van der Waals surface area contributed by atoms with Gasteiger partial charge in [-0.1, -0.05) is 17.8 Å². The highest BCUT2D eigenvalue weighted by molar-refractivity contribution is 7.99. The number of carboxylic acids is 1. The maximum absolute atomic E-state index is 13.6. The van der Waals surface area contributed by atoms with Crippen LogP contribution in [0.25, 0.3) is 5.69 Å². The van der Waals surface area contributed by atoms with Crippen molar-refractivity contribution in [1.29, 1.82) is 0 Å². The number of carboxylic acid groups (broad SMARTS) is 1. The van der Waals surface area contributed by atoms with Crippen molar-refractivity contribution in [2.24, 2.45) is 0 Å². The Morgan fingerprint density at radius 3 is 2.89 bits per heavy atom. The van der Waals surface area contributed by atoms with Gasteiger partial charge in [-0.15, -0.1) is 0 Å². The number of hydrogen-bond acceptors (Lipinski definition) is 3. The highest BCUT2D eigenvalue weighted by atomic mass is 32.2. The number of aryl methyl sites for hydroxylation is 1. The standard InChI is InChI=1S/C13H13FN2O2S/c1-8-6-16(13(15-8)19-7-12(17)18)11-5-3-4-10(14)9(11)2/h3-6H,7H2,1-2H3,(H,17,18). The Morgan fingerprint density at radius 2 is 2.21 bits per heavy atom. The third-order valence-corrected chi connectivity index (χ3v) is 3.55. The molecule has 100 valence electrons. The molecule has 0 bridgehead atoms. The number of rotatable bonds is 4. The fourth-order valence-corrected chi connectivity index (χ4v) is 2.48. The number of benzene rings is 1. The first kappa shape index (κ1) is 13.6. The summed E-state index contributed by atoms with van der Waals surface area (Å²) in [7, 11) is 0. The van der Waals surface area contributed by atoms with Crippen molar-refractivity contribution in [2.75, 3.05) is 5.75 Å². The van der Waals surface area contributed by atoms with Crippen molar-refractivity contribution >= 4 is 17.7 Å². The molecule has 0 spiro atoms. The normalized spacial score (nSPS) is 10.7. The maximum Gasteiger partial charge on any atom is 0.313 e. The molecule has 6 heteroatoms. The van der Waals surface area contributed by atoms with Gasteiger partial charge in [-0.2, -0.15) is 0 Å². The molecule has 0 aliphatic rings. The highest BCUT2D eigenvalue weighted by Crippen LogP contribution is 2.25. The van der Waals surface area contributed by atoms with Crippen molar-refractivity contribution in [1.82, 2.24) is 9.55 Å². The summed E-state index contributed by atoms with van der Waals surface area (Å²) in [6.07, 6.45) is 1.77. The minimum absolute atomic E-state index is 0.0786. The van der Waals surface area contributed by atoms with Gasteiger partial charge in [-0.3, -0.25) is 9.36 Å². The third kappa shape index (κ3) is 2.96. The predicted octanol–water partition coefficient (Wildman–Crippen LogP) is 2.80. The molecule has 0 fully saturated rings. The number of nitrogens with zero attached hydrogens (tertiary/aromatic N) is 2. The van der Waals surface area contributed by atoms with Crippen LogP contribution in [0.15, 0.2) is 29.6 Å². The van der Waals surface area contributed by atoms with Gasteiger partial charge in [0.2, 0.25) is 0 Å². The monoisotopic (exact) mass is 280 g/mol. The molecule has 0 saturated carbocycles. The zero-order valence-electron chi connectivity index (χ0n) is 10.6. The van der Waals surface area contributed by atoms with Crippen LogP contribution in [0.1, 0.15) is 11.3 Å². The van der Waals surface area contributed by atoms with Crippen LogP contribution in [-0.2, 0) is 4.79 Å². The molecule has 4 nitrogen and oxygen atoms in total. The van der Waals surface area contributed by atoms with Crippen molar-refractivity contribution in [3.8, 4) is 5.69 Å². The first-order valence-electron chi connectivity index (χ1n) is 5.65. The molecule has 0 saturated heterocycles. The number of hydrogen-bond donors (Lipinski definition) is 1. The van der Waals surface area contributed by atoms with E-state index in [0.717, 1.165) is 17.5 Å². The van der Waals surface area contributed by atoms with Gasteiger partial charge in [0.1, 0.15) is 5.82 Å². The van der Waals surface area contributed by atoms with Gasteiger partial charge < -0.3 is 5.11 Å². The van der Waals surface area contributed by atoms with Gasteiger partial charge in [0.15, 0.2) is 5.16 Å². The fourth-order valence-electron chi connectivity index (χ4n) is 1.73. The average molecular weight is 280 g/mol. The third-order valence-electron chi connectivity index (χ3n) is 2.62.